The molecule has 0 radical (unpaired) electrons. The molecule has 2 heterocycles. The second kappa shape index (κ2) is 6.03. The number of carbonyl (C=O) groups is 2. The lowest BCUT2D eigenvalue weighted by Crippen LogP contribution is -2.25. The highest BCUT2D eigenvalue weighted by Crippen LogP contribution is 2.30. The van der Waals surface area contributed by atoms with Gasteiger partial charge in [0.25, 0.3) is 12.3 Å². The number of benzene rings is 1. The Morgan fingerprint density at radius 1 is 1.38 bits per heavy atom. The van der Waals surface area contributed by atoms with Crippen molar-refractivity contribution in [3.05, 3.63) is 40.7 Å². The molecule has 0 atom stereocenters. The molecule has 0 unspecified atom stereocenters. The minimum atomic E-state index is -2.78. The van der Waals surface area contributed by atoms with Crippen LogP contribution in [0.5, 0.6) is 0 Å². The quantitative estimate of drug-likeness (QED) is 0.906. The first kappa shape index (κ1) is 16.1. The summed E-state index contributed by atoms with van der Waals surface area (Å²) in [5, 5.41) is 8.45. The molecule has 0 spiro atoms. The second-order valence-electron chi connectivity index (χ2n) is 5.63. The average Bonchev–Trinajstić information content (AvgIpc) is 3.11. The third-order valence-corrected chi connectivity index (χ3v) is 4.04. The number of hydrogen-bond donors (Lipinski definition) is 2. The molecule has 1 aliphatic rings. The van der Waals surface area contributed by atoms with Gasteiger partial charge in [0, 0.05) is 24.7 Å². The molecule has 0 saturated carbocycles. The normalized spacial score (nSPS) is 13.3. The summed E-state index contributed by atoms with van der Waals surface area (Å²) in [6.45, 7) is 3.62. The van der Waals surface area contributed by atoms with Crippen molar-refractivity contribution in [3.8, 4) is 0 Å². The summed E-state index contributed by atoms with van der Waals surface area (Å²) >= 11 is 0. The van der Waals surface area contributed by atoms with Crippen molar-refractivity contribution in [3.63, 3.8) is 0 Å². The van der Waals surface area contributed by atoms with Crippen molar-refractivity contribution < 1.29 is 18.4 Å². The van der Waals surface area contributed by atoms with Gasteiger partial charge in [-0.2, -0.15) is 5.10 Å². The molecule has 24 heavy (non-hydrogen) atoms. The number of aryl methyl sites for hydroxylation is 1. The Kier molecular flexibility index (Phi) is 4.04. The van der Waals surface area contributed by atoms with Crippen molar-refractivity contribution >= 4 is 23.2 Å². The number of H-pyrrole nitrogens is 1. The van der Waals surface area contributed by atoms with E-state index in [1.165, 1.54) is 6.92 Å². The molecule has 2 N–H and O–H groups in total. The van der Waals surface area contributed by atoms with Crippen molar-refractivity contribution in [2.24, 2.45) is 0 Å². The fourth-order valence-corrected chi connectivity index (χ4v) is 2.82. The number of anilines is 2. The van der Waals surface area contributed by atoms with Gasteiger partial charge in [0.15, 0.2) is 5.69 Å². The second-order valence-corrected chi connectivity index (χ2v) is 5.63. The number of halogens is 2. The number of rotatable bonds is 3. The lowest BCUT2D eigenvalue weighted by Gasteiger charge is -2.14. The molecule has 8 heteroatoms. The zero-order valence-corrected chi connectivity index (χ0v) is 13.2. The number of fused-ring (bicyclic) bond motifs is 1. The molecule has 1 aliphatic heterocycles. The summed E-state index contributed by atoms with van der Waals surface area (Å²) in [5.74, 6) is -0.549. The van der Waals surface area contributed by atoms with E-state index in [0.717, 1.165) is 11.3 Å². The van der Waals surface area contributed by atoms with Crippen LogP contribution >= 0.6 is 0 Å². The van der Waals surface area contributed by atoms with Gasteiger partial charge >= 0.3 is 0 Å². The molecule has 1 aromatic heterocycles. The molecule has 1 aromatic carbocycles. The van der Waals surface area contributed by atoms with Crippen molar-refractivity contribution in [2.75, 3.05) is 16.8 Å². The number of aromatic nitrogens is 2. The predicted octanol–water partition coefficient (Wildman–Crippen LogP) is 2.82. The van der Waals surface area contributed by atoms with Crippen molar-refractivity contribution in [2.45, 2.75) is 26.7 Å². The maximum absolute atomic E-state index is 12.9. The molecule has 126 valence electrons. The number of nitrogens with one attached hydrogen (secondary N) is 2. The number of carbonyl (C=O) groups excluding carboxylic acids is 2. The standard InChI is InChI=1S/C16H16F2N4O2/c1-8-13(14(15(17)18)21-20-8)19-16(24)11-3-4-12-10(7-11)5-6-22(12)9(2)23/h3-4,7,15H,5-6H2,1-2H3,(H,19,24)(H,20,21). The van der Waals surface area contributed by atoms with Crippen LogP contribution in [-0.2, 0) is 11.2 Å². The van der Waals surface area contributed by atoms with E-state index in [2.05, 4.69) is 15.5 Å². The smallest absolute Gasteiger partial charge is 0.284 e. The summed E-state index contributed by atoms with van der Waals surface area (Å²) in [4.78, 5) is 25.6. The molecular weight excluding hydrogens is 318 g/mol. The molecule has 0 saturated heterocycles. The van der Waals surface area contributed by atoms with Gasteiger partial charge in [0.2, 0.25) is 5.91 Å². The van der Waals surface area contributed by atoms with Crippen LogP contribution in [0, 0.1) is 6.92 Å². The van der Waals surface area contributed by atoms with Crippen LogP contribution in [-0.4, -0.2) is 28.6 Å². The minimum absolute atomic E-state index is 0.000797. The maximum Gasteiger partial charge on any atom is 0.284 e. The molecule has 2 amide bonds. The Labute approximate surface area is 136 Å². The highest BCUT2D eigenvalue weighted by atomic mass is 19.3. The van der Waals surface area contributed by atoms with Gasteiger partial charge in [-0.25, -0.2) is 8.78 Å². The van der Waals surface area contributed by atoms with E-state index in [9.17, 15) is 18.4 Å². The van der Waals surface area contributed by atoms with Crippen LogP contribution < -0.4 is 10.2 Å². The van der Waals surface area contributed by atoms with Gasteiger partial charge in [0.05, 0.1) is 11.4 Å². The van der Waals surface area contributed by atoms with Crippen LogP contribution in [0.3, 0.4) is 0 Å². The van der Waals surface area contributed by atoms with Gasteiger partial charge < -0.3 is 10.2 Å². The summed E-state index contributed by atoms with van der Waals surface area (Å²) in [6, 6.07) is 4.97. The minimum Gasteiger partial charge on any atom is -0.319 e. The fraction of sp³-hybridized carbons (Fsp3) is 0.312. The average molecular weight is 334 g/mol. The number of alkyl halides is 2. The third-order valence-electron chi connectivity index (χ3n) is 4.04. The SMILES string of the molecule is CC(=O)N1CCc2cc(C(=O)Nc3c(C(F)F)n[nH]c3C)ccc21. The summed E-state index contributed by atoms with van der Waals surface area (Å²) in [6.07, 6.45) is -2.13. The van der Waals surface area contributed by atoms with Gasteiger partial charge in [-0.05, 0) is 37.1 Å². The Balaban J connectivity index is 1.85. The monoisotopic (exact) mass is 334 g/mol. The van der Waals surface area contributed by atoms with Crippen LogP contribution in [0.15, 0.2) is 18.2 Å². The lowest BCUT2D eigenvalue weighted by atomic mass is 10.1. The zero-order valence-electron chi connectivity index (χ0n) is 13.2. The van der Waals surface area contributed by atoms with E-state index < -0.39 is 18.0 Å². The fourth-order valence-electron chi connectivity index (χ4n) is 2.82. The van der Waals surface area contributed by atoms with E-state index in [0.29, 0.717) is 24.2 Å². The highest BCUT2D eigenvalue weighted by Gasteiger charge is 2.24. The Bertz CT molecular complexity index is 816. The summed E-state index contributed by atoms with van der Waals surface area (Å²) < 4.78 is 25.8. The summed E-state index contributed by atoms with van der Waals surface area (Å²) in [5.41, 5.74) is 1.90. The van der Waals surface area contributed by atoms with E-state index >= 15 is 0 Å². The van der Waals surface area contributed by atoms with Crippen molar-refractivity contribution in [1.82, 2.24) is 10.2 Å². The lowest BCUT2D eigenvalue weighted by molar-refractivity contribution is -0.116. The maximum atomic E-state index is 12.9. The Morgan fingerprint density at radius 2 is 2.12 bits per heavy atom. The van der Waals surface area contributed by atoms with Crippen LogP contribution in [0.4, 0.5) is 20.2 Å². The number of nitrogens with zero attached hydrogens (tertiary/aromatic N) is 2. The first-order valence-corrected chi connectivity index (χ1v) is 7.44. The first-order valence-electron chi connectivity index (χ1n) is 7.44. The number of hydrogen-bond acceptors (Lipinski definition) is 3. The Hall–Kier alpha value is -2.77. The Morgan fingerprint density at radius 3 is 2.79 bits per heavy atom. The van der Waals surface area contributed by atoms with E-state index in [1.54, 1.807) is 30.0 Å². The van der Waals surface area contributed by atoms with Crippen LogP contribution in [0.1, 0.15) is 40.7 Å². The van der Waals surface area contributed by atoms with E-state index in [1.807, 2.05) is 0 Å². The molecule has 3 rings (SSSR count). The topological polar surface area (TPSA) is 78.1 Å². The molecule has 0 aliphatic carbocycles. The van der Waals surface area contributed by atoms with Gasteiger partial charge in [-0.1, -0.05) is 0 Å². The number of aromatic amines is 1. The number of amides is 2. The van der Waals surface area contributed by atoms with Crippen molar-refractivity contribution in [1.29, 1.82) is 0 Å². The first-order chi connectivity index (χ1) is 11.4. The summed E-state index contributed by atoms with van der Waals surface area (Å²) in [7, 11) is 0. The van der Waals surface area contributed by atoms with Gasteiger partial charge in [0.1, 0.15) is 0 Å². The van der Waals surface area contributed by atoms with E-state index in [4.69, 9.17) is 0 Å². The van der Waals surface area contributed by atoms with Gasteiger partial charge in [-0.3, -0.25) is 14.7 Å². The predicted molar refractivity (Wildman–Crippen MR) is 84.4 cm³/mol. The van der Waals surface area contributed by atoms with Crippen LogP contribution in [0.25, 0.3) is 0 Å². The third kappa shape index (κ3) is 2.75. The van der Waals surface area contributed by atoms with Crippen LogP contribution in [0.2, 0.25) is 0 Å². The molecular formula is C16H16F2N4O2. The molecule has 0 fully saturated rings. The highest BCUT2D eigenvalue weighted by molar-refractivity contribution is 6.05. The largest absolute Gasteiger partial charge is 0.319 e. The molecule has 0 bridgehead atoms. The molecule has 2 aromatic rings. The van der Waals surface area contributed by atoms with E-state index in [-0.39, 0.29) is 11.6 Å². The van der Waals surface area contributed by atoms with Gasteiger partial charge in [-0.15, -0.1) is 0 Å². The zero-order chi connectivity index (χ0) is 17.4. The molecule has 6 nitrogen and oxygen atoms in total.